The van der Waals surface area contributed by atoms with Crippen molar-refractivity contribution < 1.29 is 14.6 Å². The molecule has 1 aromatic rings. The summed E-state index contributed by atoms with van der Waals surface area (Å²) < 4.78 is 5.04. The van der Waals surface area contributed by atoms with E-state index in [0.29, 0.717) is 17.9 Å². The van der Waals surface area contributed by atoms with Gasteiger partial charge < -0.3 is 14.7 Å². The maximum Gasteiger partial charge on any atom is 0.345 e. The zero-order valence-electron chi connectivity index (χ0n) is 11.7. The summed E-state index contributed by atoms with van der Waals surface area (Å²) >= 11 is 0. The van der Waals surface area contributed by atoms with Gasteiger partial charge in [-0.1, -0.05) is 30.3 Å². The number of amidine groups is 1. The molecule has 0 unspecified atom stereocenters. The van der Waals surface area contributed by atoms with Crippen molar-refractivity contribution in [2.45, 2.75) is 6.92 Å². The Morgan fingerprint density at radius 1 is 1.40 bits per heavy atom. The second-order valence-corrected chi connectivity index (χ2v) is 4.44. The van der Waals surface area contributed by atoms with E-state index in [1.807, 2.05) is 18.0 Å². The molecular formula is C15H18N2O3. The highest BCUT2D eigenvalue weighted by Gasteiger charge is 2.28. The molecule has 0 amide bonds. The fraction of sp³-hybridized carbons (Fsp3) is 0.333. The van der Waals surface area contributed by atoms with Crippen LogP contribution >= 0.6 is 0 Å². The minimum absolute atomic E-state index is 0.100. The van der Waals surface area contributed by atoms with Gasteiger partial charge in [-0.25, -0.2) is 4.79 Å². The topological polar surface area (TPSA) is 62.1 Å². The van der Waals surface area contributed by atoms with Crippen molar-refractivity contribution in [2.75, 3.05) is 26.7 Å². The molecule has 0 saturated carbocycles. The van der Waals surface area contributed by atoms with Crippen molar-refractivity contribution in [3.05, 3.63) is 41.5 Å². The van der Waals surface area contributed by atoms with E-state index < -0.39 is 5.97 Å². The molecule has 1 aliphatic rings. The molecule has 0 aliphatic carbocycles. The quantitative estimate of drug-likeness (QED) is 0.517. The fourth-order valence-electron chi connectivity index (χ4n) is 2.04. The van der Waals surface area contributed by atoms with Gasteiger partial charge in [-0.3, -0.25) is 4.99 Å². The van der Waals surface area contributed by atoms with E-state index in [-0.39, 0.29) is 17.9 Å². The van der Waals surface area contributed by atoms with Crippen LogP contribution in [-0.4, -0.2) is 48.6 Å². The van der Waals surface area contributed by atoms with Crippen molar-refractivity contribution in [3.63, 3.8) is 0 Å². The summed E-state index contributed by atoms with van der Waals surface area (Å²) in [6.45, 7) is 3.31. The molecule has 0 radical (unpaired) electrons. The third-order valence-electron chi connectivity index (χ3n) is 3.05. The Kier molecular flexibility index (Phi) is 4.40. The normalized spacial score (nSPS) is 15.7. The van der Waals surface area contributed by atoms with Gasteiger partial charge in [0, 0.05) is 19.2 Å². The molecule has 0 bridgehead atoms. The average Bonchev–Trinajstić information content (AvgIpc) is 2.86. The Morgan fingerprint density at radius 3 is 2.65 bits per heavy atom. The first-order chi connectivity index (χ1) is 9.65. The number of benzene rings is 1. The number of likely N-dealkylation sites (N-methyl/N-ethyl adjacent to an activating group) is 1. The van der Waals surface area contributed by atoms with Crippen molar-refractivity contribution in [2.24, 2.45) is 4.99 Å². The first-order valence-corrected chi connectivity index (χ1v) is 6.57. The number of nitrogens with zero attached hydrogens (tertiary/aromatic N) is 2. The Balaban J connectivity index is 2.48. The van der Waals surface area contributed by atoms with Crippen LogP contribution in [-0.2, 0) is 9.53 Å². The molecule has 5 nitrogen and oxygen atoms in total. The van der Waals surface area contributed by atoms with E-state index in [1.54, 1.807) is 31.2 Å². The van der Waals surface area contributed by atoms with Crippen molar-refractivity contribution in [3.8, 4) is 0 Å². The molecule has 20 heavy (non-hydrogen) atoms. The van der Waals surface area contributed by atoms with Crippen LogP contribution in [0.1, 0.15) is 12.5 Å². The molecule has 2 rings (SSSR count). The van der Waals surface area contributed by atoms with Gasteiger partial charge in [-0.2, -0.15) is 0 Å². The number of carbonyl (C=O) groups is 1. The predicted molar refractivity (Wildman–Crippen MR) is 77.6 cm³/mol. The zero-order chi connectivity index (χ0) is 14.5. The molecule has 0 aromatic heterocycles. The van der Waals surface area contributed by atoms with Gasteiger partial charge in [0.2, 0.25) is 0 Å². The third-order valence-corrected chi connectivity index (χ3v) is 3.05. The Morgan fingerprint density at radius 2 is 2.10 bits per heavy atom. The summed E-state index contributed by atoms with van der Waals surface area (Å²) in [7, 11) is 1.84. The Labute approximate surface area is 118 Å². The van der Waals surface area contributed by atoms with Gasteiger partial charge in [0.05, 0.1) is 13.2 Å². The van der Waals surface area contributed by atoms with Gasteiger partial charge in [-0.05, 0) is 6.92 Å². The molecule has 1 heterocycles. The lowest BCUT2D eigenvalue weighted by atomic mass is 10.1. The number of esters is 1. The summed E-state index contributed by atoms with van der Waals surface area (Å²) in [5, 5.41) is 10.4. The number of hydrogen-bond donors (Lipinski definition) is 1. The van der Waals surface area contributed by atoms with Crippen LogP contribution in [0.4, 0.5) is 0 Å². The van der Waals surface area contributed by atoms with Gasteiger partial charge in [-0.15, -0.1) is 0 Å². The van der Waals surface area contributed by atoms with Crippen LogP contribution in [0.25, 0.3) is 5.76 Å². The zero-order valence-corrected chi connectivity index (χ0v) is 11.7. The minimum Gasteiger partial charge on any atom is -0.506 e. The SMILES string of the molecule is CCOC(=O)/C(C1=NCCN1C)=C(\O)c1ccccc1. The molecular weight excluding hydrogens is 256 g/mol. The van der Waals surface area contributed by atoms with Gasteiger partial charge in [0.25, 0.3) is 0 Å². The van der Waals surface area contributed by atoms with E-state index in [4.69, 9.17) is 4.74 Å². The Bertz CT molecular complexity index is 549. The summed E-state index contributed by atoms with van der Waals surface area (Å²) in [5.74, 6) is -0.178. The summed E-state index contributed by atoms with van der Waals surface area (Å²) in [4.78, 5) is 18.3. The van der Waals surface area contributed by atoms with Crippen LogP contribution in [0.5, 0.6) is 0 Å². The third kappa shape index (κ3) is 2.82. The standard InChI is InChI=1S/C15H18N2O3/c1-3-20-15(19)12(14-16-9-10-17(14)2)13(18)11-7-5-4-6-8-11/h4-8,18H,3,9-10H2,1-2H3/b13-12-. The molecule has 0 spiro atoms. The van der Waals surface area contributed by atoms with Crippen LogP contribution in [0, 0.1) is 0 Å². The van der Waals surface area contributed by atoms with Crippen LogP contribution in [0.3, 0.4) is 0 Å². The summed E-state index contributed by atoms with van der Waals surface area (Å²) in [6.07, 6.45) is 0. The molecule has 1 aliphatic heterocycles. The van der Waals surface area contributed by atoms with E-state index in [9.17, 15) is 9.90 Å². The first kappa shape index (κ1) is 14.1. The maximum absolute atomic E-state index is 12.1. The molecule has 1 N–H and O–H groups in total. The monoisotopic (exact) mass is 274 g/mol. The molecule has 0 saturated heterocycles. The smallest absolute Gasteiger partial charge is 0.345 e. The van der Waals surface area contributed by atoms with Gasteiger partial charge in [0.15, 0.2) is 0 Å². The molecule has 0 fully saturated rings. The lowest BCUT2D eigenvalue weighted by molar-refractivity contribution is -0.137. The van der Waals surface area contributed by atoms with E-state index in [0.717, 1.165) is 6.54 Å². The first-order valence-electron chi connectivity index (χ1n) is 6.57. The minimum atomic E-state index is -0.554. The number of aliphatic hydroxyl groups excluding tert-OH is 1. The lowest BCUT2D eigenvalue weighted by Gasteiger charge is -2.17. The molecule has 0 atom stereocenters. The maximum atomic E-state index is 12.1. The number of aliphatic hydroxyl groups is 1. The molecule has 1 aromatic carbocycles. The van der Waals surface area contributed by atoms with Crippen LogP contribution < -0.4 is 0 Å². The average molecular weight is 274 g/mol. The summed E-state index contributed by atoms with van der Waals surface area (Å²) in [5.41, 5.74) is 0.691. The van der Waals surface area contributed by atoms with E-state index >= 15 is 0 Å². The van der Waals surface area contributed by atoms with Crippen LogP contribution in [0.15, 0.2) is 40.9 Å². The second-order valence-electron chi connectivity index (χ2n) is 4.44. The van der Waals surface area contributed by atoms with Gasteiger partial charge >= 0.3 is 5.97 Å². The predicted octanol–water partition coefficient (Wildman–Crippen LogP) is 1.86. The van der Waals surface area contributed by atoms with Crippen molar-refractivity contribution >= 4 is 17.6 Å². The Hall–Kier alpha value is -2.30. The number of rotatable bonds is 4. The fourth-order valence-corrected chi connectivity index (χ4v) is 2.04. The highest BCUT2D eigenvalue weighted by molar-refractivity contribution is 6.23. The van der Waals surface area contributed by atoms with Crippen molar-refractivity contribution in [1.29, 1.82) is 0 Å². The lowest BCUT2D eigenvalue weighted by Crippen LogP contribution is -2.29. The van der Waals surface area contributed by atoms with E-state index in [2.05, 4.69) is 4.99 Å². The number of ether oxygens (including phenoxy) is 1. The highest BCUT2D eigenvalue weighted by Crippen LogP contribution is 2.21. The largest absolute Gasteiger partial charge is 0.506 e. The van der Waals surface area contributed by atoms with E-state index in [1.165, 1.54) is 0 Å². The highest BCUT2D eigenvalue weighted by atomic mass is 16.5. The van der Waals surface area contributed by atoms with Gasteiger partial charge in [0.1, 0.15) is 17.2 Å². The van der Waals surface area contributed by atoms with Crippen LogP contribution in [0.2, 0.25) is 0 Å². The van der Waals surface area contributed by atoms with Crippen molar-refractivity contribution in [1.82, 2.24) is 4.90 Å². The number of carbonyl (C=O) groups excluding carboxylic acids is 1. The molecule has 106 valence electrons. The number of aliphatic imine (C=N–C) groups is 1. The number of hydrogen-bond acceptors (Lipinski definition) is 5. The summed E-state index contributed by atoms with van der Waals surface area (Å²) in [6, 6.07) is 8.93. The molecule has 5 heteroatoms. The second kappa shape index (κ2) is 6.23.